The van der Waals surface area contributed by atoms with Crippen LogP contribution in [0.3, 0.4) is 0 Å². The third-order valence-electron chi connectivity index (χ3n) is 5.14. The number of guanidine groups is 1. The number of methoxy groups -OCH3 is 1. The summed E-state index contributed by atoms with van der Waals surface area (Å²) in [5.41, 5.74) is 0. The maximum Gasteiger partial charge on any atom is 0.191 e. The van der Waals surface area contributed by atoms with E-state index in [0.29, 0.717) is 12.6 Å². The van der Waals surface area contributed by atoms with Gasteiger partial charge in [-0.3, -0.25) is 4.99 Å². The number of aromatic nitrogens is 3. The van der Waals surface area contributed by atoms with Gasteiger partial charge in [0.15, 0.2) is 11.8 Å². The number of hydrogen-bond acceptors (Lipinski definition) is 5. The van der Waals surface area contributed by atoms with Crippen molar-refractivity contribution in [3.05, 3.63) is 11.6 Å². The van der Waals surface area contributed by atoms with Gasteiger partial charge in [0.25, 0.3) is 0 Å². The minimum Gasteiger partial charge on any atom is -0.381 e. The number of hydrogen-bond donors (Lipinski definition) is 2. The number of fused-ring (bicyclic) bond motifs is 1. The number of nitrogens with zero attached hydrogens (tertiary/aromatic N) is 4. The number of halogens is 1. The molecule has 0 radical (unpaired) electrons. The Kier molecular flexibility index (Phi) is 15.1. The molecule has 2 rings (SSSR count). The molecule has 1 atom stereocenters. The lowest BCUT2D eigenvalue weighted by molar-refractivity contribution is 0.128. The predicted octanol–water partition coefficient (Wildman–Crippen LogP) is 3.29. The Hall–Kier alpha value is -0.940. The summed E-state index contributed by atoms with van der Waals surface area (Å²) in [5.74, 6) is 2.64. The molecule has 0 saturated carbocycles. The summed E-state index contributed by atoms with van der Waals surface area (Å²) < 4.78 is 12.8. The van der Waals surface area contributed by atoms with Crippen LogP contribution in [0.1, 0.15) is 69.9 Å². The van der Waals surface area contributed by atoms with E-state index >= 15 is 0 Å². The molecule has 0 aromatic carbocycles. The van der Waals surface area contributed by atoms with Crippen molar-refractivity contribution in [3.63, 3.8) is 0 Å². The number of ether oxygens (including phenoxy) is 2. The smallest absolute Gasteiger partial charge is 0.191 e. The molecule has 0 spiro atoms. The lowest BCUT2D eigenvalue weighted by Gasteiger charge is -2.25. The van der Waals surface area contributed by atoms with Crippen LogP contribution in [-0.2, 0) is 29.0 Å². The first-order chi connectivity index (χ1) is 14.3. The molecular weight excluding hydrogens is 495 g/mol. The fourth-order valence-corrected chi connectivity index (χ4v) is 3.52. The van der Waals surface area contributed by atoms with Crippen LogP contribution in [0.4, 0.5) is 0 Å². The van der Waals surface area contributed by atoms with Crippen molar-refractivity contribution in [3.8, 4) is 0 Å². The van der Waals surface area contributed by atoms with Gasteiger partial charge < -0.3 is 20.1 Å². The lowest BCUT2D eigenvalue weighted by atomic mass is 10.1. The highest BCUT2D eigenvalue weighted by Crippen LogP contribution is 2.13. The minimum absolute atomic E-state index is 0. The lowest BCUT2D eigenvalue weighted by Crippen LogP contribution is -2.47. The summed E-state index contributed by atoms with van der Waals surface area (Å²) in [5, 5.41) is 11.4. The van der Waals surface area contributed by atoms with Crippen molar-refractivity contribution in [1.29, 1.82) is 0 Å². The number of aliphatic imine (C=N–C) groups is 1. The van der Waals surface area contributed by atoms with Crippen LogP contribution in [0, 0.1) is 0 Å². The van der Waals surface area contributed by atoms with Crippen LogP contribution in [-0.4, -0.2) is 60.7 Å². The maximum atomic E-state index is 5.74. The number of unbranched alkanes of at least 4 members (excludes halogenated alkanes) is 5. The SMILES string of the molecule is CCCCCCCCOCCCNC(=NC)NC1CCc2nc(COC)nn2C1.I. The van der Waals surface area contributed by atoms with Crippen LogP contribution in [0.2, 0.25) is 0 Å². The number of rotatable bonds is 14. The Balaban J connectivity index is 0.00000450. The van der Waals surface area contributed by atoms with E-state index in [0.717, 1.165) is 63.2 Å². The van der Waals surface area contributed by atoms with E-state index in [1.54, 1.807) is 7.11 Å². The van der Waals surface area contributed by atoms with Crippen LogP contribution in [0.5, 0.6) is 0 Å². The third kappa shape index (κ3) is 10.4. The van der Waals surface area contributed by atoms with Crippen molar-refractivity contribution < 1.29 is 9.47 Å². The molecule has 2 N–H and O–H groups in total. The van der Waals surface area contributed by atoms with Crippen LogP contribution >= 0.6 is 24.0 Å². The van der Waals surface area contributed by atoms with Crippen LogP contribution in [0.25, 0.3) is 0 Å². The van der Waals surface area contributed by atoms with Gasteiger partial charge in [0.05, 0.1) is 6.54 Å². The fraction of sp³-hybridized carbons (Fsp3) is 0.857. The van der Waals surface area contributed by atoms with Crippen molar-refractivity contribution in [2.45, 2.75) is 83.9 Å². The van der Waals surface area contributed by atoms with E-state index < -0.39 is 0 Å². The van der Waals surface area contributed by atoms with Gasteiger partial charge in [-0.1, -0.05) is 39.0 Å². The quantitative estimate of drug-likeness (QED) is 0.164. The molecule has 1 aliphatic heterocycles. The predicted molar refractivity (Wildman–Crippen MR) is 132 cm³/mol. The minimum atomic E-state index is 0. The Bertz CT molecular complexity index is 596. The van der Waals surface area contributed by atoms with E-state index in [-0.39, 0.29) is 24.0 Å². The molecular formula is C21H41IN6O2. The first-order valence-corrected chi connectivity index (χ1v) is 11.2. The van der Waals surface area contributed by atoms with Gasteiger partial charge >= 0.3 is 0 Å². The summed E-state index contributed by atoms with van der Waals surface area (Å²) in [7, 11) is 3.48. The zero-order valence-electron chi connectivity index (χ0n) is 19.0. The average molecular weight is 537 g/mol. The highest BCUT2D eigenvalue weighted by molar-refractivity contribution is 14.0. The van der Waals surface area contributed by atoms with Gasteiger partial charge in [-0.05, 0) is 19.3 Å². The fourth-order valence-electron chi connectivity index (χ4n) is 3.52. The number of nitrogens with one attached hydrogen (secondary N) is 2. The van der Waals surface area contributed by atoms with Gasteiger partial charge in [-0.2, -0.15) is 5.10 Å². The first kappa shape index (κ1) is 27.1. The molecule has 1 aromatic rings. The Labute approximate surface area is 199 Å². The van der Waals surface area contributed by atoms with Crippen LogP contribution < -0.4 is 10.6 Å². The first-order valence-electron chi connectivity index (χ1n) is 11.2. The van der Waals surface area contributed by atoms with E-state index in [1.807, 2.05) is 11.7 Å². The van der Waals surface area contributed by atoms with Crippen LogP contribution in [0.15, 0.2) is 4.99 Å². The second kappa shape index (κ2) is 16.7. The zero-order valence-corrected chi connectivity index (χ0v) is 21.3. The molecule has 1 aliphatic rings. The van der Waals surface area contributed by atoms with E-state index in [4.69, 9.17) is 9.47 Å². The second-order valence-corrected chi connectivity index (χ2v) is 7.67. The monoisotopic (exact) mass is 536 g/mol. The molecule has 2 heterocycles. The van der Waals surface area contributed by atoms with Crippen molar-refractivity contribution in [2.24, 2.45) is 4.99 Å². The molecule has 0 amide bonds. The van der Waals surface area contributed by atoms with Gasteiger partial charge in [0.1, 0.15) is 12.4 Å². The van der Waals surface area contributed by atoms with Gasteiger partial charge in [0, 0.05) is 46.4 Å². The van der Waals surface area contributed by atoms with Gasteiger partial charge in [-0.25, -0.2) is 9.67 Å². The molecule has 9 heteroatoms. The largest absolute Gasteiger partial charge is 0.381 e. The molecule has 1 aromatic heterocycles. The Morgan fingerprint density at radius 1 is 1.17 bits per heavy atom. The highest BCUT2D eigenvalue weighted by Gasteiger charge is 2.22. The molecule has 174 valence electrons. The summed E-state index contributed by atoms with van der Waals surface area (Å²) in [6.07, 6.45) is 10.7. The standard InChI is InChI=1S/C21H40N6O2.HI/c1-4-5-6-7-8-9-14-29-15-10-13-23-21(22-2)24-18-11-12-20-25-19(17-28-3)26-27(20)16-18;/h18H,4-17H2,1-3H3,(H2,22,23,24);1H. The van der Waals surface area contributed by atoms with E-state index in [9.17, 15) is 0 Å². The summed E-state index contributed by atoms with van der Waals surface area (Å²) in [4.78, 5) is 8.87. The Morgan fingerprint density at radius 3 is 2.70 bits per heavy atom. The summed E-state index contributed by atoms with van der Waals surface area (Å²) >= 11 is 0. The van der Waals surface area contributed by atoms with Crippen molar-refractivity contribution >= 4 is 29.9 Å². The second-order valence-electron chi connectivity index (χ2n) is 7.67. The maximum absolute atomic E-state index is 5.74. The van der Waals surface area contributed by atoms with E-state index in [1.165, 1.54) is 38.5 Å². The summed E-state index contributed by atoms with van der Waals surface area (Å²) in [6, 6.07) is 0.301. The Morgan fingerprint density at radius 2 is 1.93 bits per heavy atom. The zero-order chi connectivity index (χ0) is 20.7. The van der Waals surface area contributed by atoms with Gasteiger partial charge in [0.2, 0.25) is 0 Å². The summed E-state index contributed by atoms with van der Waals surface area (Å²) in [6.45, 7) is 6.05. The third-order valence-corrected chi connectivity index (χ3v) is 5.14. The molecule has 30 heavy (non-hydrogen) atoms. The molecule has 8 nitrogen and oxygen atoms in total. The van der Waals surface area contributed by atoms with Crippen molar-refractivity contribution in [1.82, 2.24) is 25.4 Å². The van der Waals surface area contributed by atoms with Gasteiger partial charge in [-0.15, -0.1) is 24.0 Å². The highest BCUT2D eigenvalue weighted by atomic mass is 127. The average Bonchev–Trinajstić information content (AvgIpc) is 3.13. The number of aryl methyl sites for hydroxylation is 1. The molecule has 0 aliphatic carbocycles. The normalized spacial score (nSPS) is 16.1. The molecule has 0 bridgehead atoms. The molecule has 1 unspecified atom stereocenters. The van der Waals surface area contributed by atoms with Crippen molar-refractivity contribution in [2.75, 3.05) is 33.9 Å². The molecule has 0 fully saturated rings. The topological polar surface area (TPSA) is 85.6 Å². The molecule has 0 saturated heterocycles. The van der Waals surface area contributed by atoms with E-state index in [2.05, 4.69) is 32.6 Å².